The van der Waals surface area contributed by atoms with Crippen LogP contribution >= 0.6 is 0 Å². The maximum Gasteiger partial charge on any atom is 0.323 e. The summed E-state index contributed by atoms with van der Waals surface area (Å²) in [7, 11) is 0. The first-order chi connectivity index (χ1) is 20.4. The second kappa shape index (κ2) is 19.6. The Labute approximate surface area is 254 Å². The topological polar surface area (TPSA) is 310 Å². The van der Waals surface area contributed by atoms with Gasteiger partial charge in [-0.3, -0.25) is 19.2 Å². The molecule has 0 saturated carbocycles. The van der Waals surface area contributed by atoms with Crippen molar-refractivity contribution in [2.75, 3.05) is 0 Å². The van der Waals surface area contributed by atoms with Gasteiger partial charge in [-0.1, -0.05) is 44.2 Å². The van der Waals surface area contributed by atoms with Crippen molar-refractivity contribution in [3.8, 4) is 5.75 Å². The number of nitrogens with one attached hydrogen (secondary N) is 1. The zero-order chi connectivity index (χ0) is 34.1. The van der Waals surface area contributed by atoms with Gasteiger partial charge in [-0.15, -0.1) is 0 Å². The number of aliphatic hydroxyl groups excluding tert-OH is 1. The van der Waals surface area contributed by atoms with Gasteiger partial charge in [-0.05, 0) is 48.6 Å². The normalized spacial score (nSPS) is 13.8. The number of rotatable bonds is 10. The molecule has 15 nitrogen and oxygen atoms in total. The zero-order valence-corrected chi connectivity index (χ0v) is 24.7. The van der Waals surface area contributed by atoms with Crippen LogP contribution in [0.2, 0.25) is 0 Å². The van der Waals surface area contributed by atoms with Crippen LogP contribution in [0.1, 0.15) is 31.9 Å². The van der Waals surface area contributed by atoms with Gasteiger partial charge in [-0.2, -0.15) is 0 Å². The van der Waals surface area contributed by atoms with Gasteiger partial charge in [0, 0.05) is 23.5 Å². The van der Waals surface area contributed by atoms with Crippen molar-refractivity contribution >= 4 is 34.8 Å². The summed E-state index contributed by atoms with van der Waals surface area (Å²) in [4.78, 5) is 44.0. The number of para-hydroxylation sites is 1. The fraction of sp³-hybridized carbons (Fsp3) is 0.379. The molecule has 0 radical (unpaired) electrons. The van der Waals surface area contributed by atoms with E-state index in [0.717, 1.165) is 22.0 Å². The molecule has 0 unspecified atom stereocenters. The van der Waals surface area contributed by atoms with Crippen molar-refractivity contribution in [2.45, 2.75) is 63.9 Å². The number of aromatic hydroxyl groups is 1. The number of aromatic nitrogens is 1. The zero-order valence-electron chi connectivity index (χ0n) is 24.7. The van der Waals surface area contributed by atoms with Gasteiger partial charge in [-0.25, -0.2) is 0 Å². The molecule has 0 aliphatic heterocycles. The Kier molecular flexibility index (Phi) is 17.6. The standard InChI is InChI=1S/C11H12N2O2.C9H11NO3.C5H11NO2.C4H9NO3/c12-9(11(14)15)5-7-6-13-10-4-2-1-3-8(7)10;10-8(9(12)13)5-6-1-3-7(11)4-2-6;1-3(2)4(6)5(7)8;1-2(6)3(5)4(7)8/h1-4,6,9,13H,5,12H2,(H,14,15);1-4,8,11H,5,10H2,(H,12,13);3-4H,6H2,1-2H3,(H,7,8);2-3,6H,5H2,1H3,(H,7,8)/t9-;8-;4-;2-,3+/m0001/s1. The first-order valence-corrected chi connectivity index (χ1v) is 13.3. The summed E-state index contributed by atoms with van der Waals surface area (Å²) in [5.41, 5.74) is 23.6. The highest BCUT2D eigenvalue weighted by Crippen LogP contribution is 2.18. The molecule has 1 aromatic heterocycles. The third-order valence-electron chi connectivity index (χ3n) is 5.95. The van der Waals surface area contributed by atoms with Crippen molar-refractivity contribution < 1.29 is 49.8 Å². The second-order valence-electron chi connectivity index (χ2n) is 10.0. The molecule has 2 aromatic carbocycles. The number of hydrogen-bond donors (Lipinski definition) is 11. The summed E-state index contributed by atoms with van der Waals surface area (Å²) in [6.45, 7) is 4.89. The van der Waals surface area contributed by atoms with E-state index in [1.807, 2.05) is 30.5 Å². The Hall–Kier alpha value is -4.54. The number of carboxylic acids is 4. The van der Waals surface area contributed by atoms with E-state index in [2.05, 4.69) is 4.98 Å². The number of nitrogens with two attached hydrogens (primary N) is 4. The van der Waals surface area contributed by atoms with Crippen LogP contribution < -0.4 is 22.9 Å². The number of carbonyl (C=O) groups is 4. The number of aliphatic hydroxyl groups is 1. The van der Waals surface area contributed by atoms with Crippen LogP contribution in [0.15, 0.2) is 54.7 Å². The van der Waals surface area contributed by atoms with Gasteiger partial charge in [0.25, 0.3) is 0 Å². The molecule has 44 heavy (non-hydrogen) atoms. The molecule has 0 spiro atoms. The van der Waals surface area contributed by atoms with Gasteiger partial charge in [0.2, 0.25) is 0 Å². The number of aromatic amines is 1. The third kappa shape index (κ3) is 15.1. The SMILES string of the molecule is CC(C)[C@H](N)C(=O)O.C[C@@H](O)[C@H](N)C(=O)O.N[C@@H](Cc1c[nH]c2ccccc12)C(=O)O.N[C@@H](Cc1ccc(O)cc1)C(=O)O. The van der Waals surface area contributed by atoms with Gasteiger partial charge in [0.15, 0.2) is 0 Å². The lowest BCUT2D eigenvalue weighted by molar-refractivity contribution is -0.141. The highest BCUT2D eigenvalue weighted by molar-refractivity contribution is 5.84. The van der Waals surface area contributed by atoms with Gasteiger partial charge < -0.3 is 58.6 Å². The third-order valence-corrected chi connectivity index (χ3v) is 5.95. The summed E-state index contributed by atoms with van der Waals surface area (Å²) < 4.78 is 0. The maximum absolute atomic E-state index is 10.6. The van der Waals surface area contributed by atoms with Crippen molar-refractivity contribution in [3.05, 3.63) is 65.9 Å². The minimum absolute atomic E-state index is 0.0208. The highest BCUT2D eigenvalue weighted by atomic mass is 16.4. The number of H-pyrrole nitrogens is 1. The van der Waals surface area contributed by atoms with E-state index in [4.69, 9.17) is 53.6 Å². The Morgan fingerprint density at radius 1 is 0.705 bits per heavy atom. The molecule has 15 heteroatoms. The molecule has 0 amide bonds. The minimum Gasteiger partial charge on any atom is -0.508 e. The average Bonchev–Trinajstić information content (AvgIpc) is 3.36. The van der Waals surface area contributed by atoms with E-state index < -0.39 is 54.1 Å². The fourth-order valence-electron chi connectivity index (χ4n) is 3.09. The summed E-state index contributed by atoms with van der Waals surface area (Å²) >= 11 is 0. The molecule has 1 heterocycles. The number of hydrogen-bond acceptors (Lipinski definition) is 10. The molecule has 3 aromatic rings. The Bertz CT molecular complexity index is 1300. The summed E-state index contributed by atoms with van der Waals surface area (Å²) in [6, 6.07) is 10.5. The number of aliphatic carboxylic acids is 4. The molecule has 0 fully saturated rings. The molecule has 5 atom stereocenters. The van der Waals surface area contributed by atoms with E-state index >= 15 is 0 Å². The highest BCUT2D eigenvalue weighted by Gasteiger charge is 2.17. The van der Waals surface area contributed by atoms with E-state index in [9.17, 15) is 19.2 Å². The molecular formula is C29H43N5O10. The number of benzene rings is 2. The van der Waals surface area contributed by atoms with Crippen LogP contribution in [0, 0.1) is 5.92 Å². The monoisotopic (exact) mass is 621 g/mol. The molecule has 15 N–H and O–H groups in total. The Morgan fingerprint density at radius 3 is 1.57 bits per heavy atom. The quantitative estimate of drug-likeness (QED) is 0.145. The van der Waals surface area contributed by atoms with Crippen LogP contribution in [-0.4, -0.2) is 89.8 Å². The summed E-state index contributed by atoms with van der Waals surface area (Å²) in [5, 5.41) is 52.0. The molecule has 0 saturated heterocycles. The Balaban J connectivity index is 0.000000585. The van der Waals surface area contributed by atoms with Gasteiger partial charge >= 0.3 is 23.9 Å². The van der Waals surface area contributed by atoms with Crippen molar-refractivity contribution in [3.63, 3.8) is 0 Å². The van der Waals surface area contributed by atoms with Gasteiger partial charge in [0.1, 0.15) is 29.9 Å². The maximum atomic E-state index is 10.6. The summed E-state index contributed by atoms with van der Waals surface area (Å²) in [5.74, 6) is -3.92. The molecule has 3 rings (SSSR count). The van der Waals surface area contributed by atoms with E-state index in [0.29, 0.717) is 6.42 Å². The minimum atomic E-state index is -1.18. The lowest BCUT2D eigenvalue weighted by atomic mass is 10.1. The average molecular weight is 622 g/mol. The van der Waals surface area contributed by atoms with Crippen molar-refractivity contribution in [2.24, 2.45) is 28.9 Å². The predicted molar refractivity (Wildman–Crippen MR) is 163 cm³/mol. The Morgan fingerprint density at radius 2 is 1.18 bits per heavy atom. The first kappa shape index (κ1) is 39.5. The first-order valence-electron chi connectivity index (χ1n) is 13.3. The van der Waals surface area contributed by atoms with E-state index in [1.54, 1.807) is 26.0 Å². The molecule has 0 bridgehead atoms. The number of fused-ring (bicyclic) bond motifs is 1. The molecular weight excluding hydrogens is 578 g/mol. The largest absolute Gasteiger partial charge is 0.508 e. The lowest BCUT2D eigenvalue weighted by Gasteiger charge is -2.07. The fourth-order valence-corrected chi connectivity index (χ4v) is 3.09. The smallest absolute Gasteiger partial charge is 0.323 e. The van der Waals surface area contributed by atoms with Gasteiger partial charge in [0.05, 0.1) is 6.10 Å². The van der Waals surface area contributed by atoms with Crippen LogP contribution in [0.4, 0.5) is 0 Å². The number of phenolic OH excluding ortho intramolecular Hbond substituents is 1. The van der Waals surface area contributed by atoms with Crippen LogP contribution in [-0.2, 0) is 32.0 Å². The number of carboxylic acid groups (broad SMARTS) is 4. The van der Waals surface area contributed by atoms with Crippen molar-refractivity contribution in [1.29, 1.82) is 0 Å². The van der Waals surface area contributed by atoms with E-state index in [1.165, 1.54) is 19.1 Å². The van der Waals surface area contributed by atoms with Crippen molar-refractivity contribution in [1.82, 2.24) is 4.98 Å². The second-order valence-corrected chi connectivity index (χ2v) is 10.0. The van der Waals surface area contributed by atoms with E-state index in [-0.39, 0.29) is 18.1 Å². The lowest BCUT2D eigenvalue weighted by Crippen LogP contribution is -2.39. The predicted octanol–water partition coefficient (Wildman–Crippen LogP) is 0.302. The molecule has 0 aliphatic carbocycles. The van der Waals surface area contributed by atoms with Crippen LogP contribution in [0.25, 0.3) is 10.9 Å². The summed E-state index contributed by atoms with van der Waals surface area (Å²) in [6.07, 6.45) is 1.45. The molecule has 244 valence electrons. The van der Waals surface area contributed by atoms with Crippen LogP contribution in [0.5, 0.6) is 5.75 Å². The van der Waals surface area contributed by atoms with Crippen LogP contribution in [0.3, 0.4) is 0 Å². The molecule has 0 aliphatic rings. The number of phenols is 1.